The van der Waals surface area contributed by atoms with Crippen LogP contribution < -0.4 is 10.6 Å². The number of benzene rings is 2. The predicted octanol–water partition coefficient (Wildman–Crippen LogP) is 4.62. The van der Waals surface area contributed by atoms with Gasteiger partial charge in [-0.1, -0.05) is 59.3 Å². The Kier molecular flexibility index (Phi) is 5.46. The molecule has 7 heteroatoms. The summed E-state index contributed by atoms with van der Waals surface area (Å²) in [5.74, 6) is 0.828. The Labute approximate surface area is 190 Å². The number of aromatic nitrogens is 1. The van der Waals surface area contributed by atoms with Gasteiger partial charge in [-0.05, 0) is 47.6 Å². The van der Waals surface area contributed by atoms with Crippen molar-refractivity contribution in [2.45, 2.75) is 19.4 Å². The van der Waals surface area contributed by atoms with Crippen LogP contribution in [0, 0.1) is 11.8 Å². The molecule has 1 aliphatic carbocycles. The van der Waals surface area contributed by atoms with Gasteiger partial charge < -0.3 is 15.4 Å². The maximum absolute atomic E-state index is 12.6. The van der Waals surface area contributed by atoms with Crippen molar-refractivity contribution in [1.29, 1.82) is 0 Å². The zero-order valence-electron chi connectivity index (χ0n) is 17.3. The lowest BCUT2D eigenvalue weighted by Crippen LogP contribution is -2.27. The number of carbonyl (C=O) groups excluding carboxylic acids is 1. The highest BCUT2D eigenvalue weighted by Crippen LogP contribution is 2.46. The molecule has 1 saturated heterocycles. The normalized spacial score (nSPS) is 21.8. The van der Waals surface area contributed by atoms with Crippen LogP contribution in [0.4, 0.5) is 5.13 Å². The molecule has 0 radical (unpaired) electrons. The van der Waals surface area contributed by atoms with Crippen molar-refractivity contribution in [2.24, 2.45) is 17.6 Å². The first kappa shape index (κ1) is 20.5. The SMILES string of the molecule is CCOC(=O)c1sc(N2C[C@@H]3[C@@H](N)[C@@H]3C2)nc1Cc1cccc(-c2cccc(Cl)c2)c1. The van der Waals surface area contributed by atoms with Crippen LogP contribution in [0.25, 0.3) is 11.1 Å². The van der Waals surface area contributed by atoms with Crippen molar-refractivity contribution in [1.82, 2.24) is 4.98 Å². The van der Waals surface area contributed by atoms with Crippen molar-refractivity contribution in [3.63, 3.8) is 0 Å². The van der Waals surface area contributed by atoms with Crippen LogP contribution in [0.2, 0.25) is 5.02 Å². The zero-order chi connectivity index (χ0) is 21.5. The highest BCUT2D eigenvalue weighted by molar-refractivity contribution is 7.17. The molecule has 31 heavy (non-hydrogen) atoms. The number of nitrogens with two attached hydrogens (primary N) is 1. The monoisotopic (exact) mass is 453 g/mol. The van der Waals surface area contributed by atoms with Crippen molar-refractivity contribution >= 4 is 34.0 Å². The molecule has 2 aromatic carbocycles. The van der Waals surface area contributed by atoms with E-state index >= 15 is 0 Å². The maximum Gasteiger partial charge on any atom is 0.350 e. The molecule has 2 N–H and O–H groups in total. The summed E-state index contributed by atoms with van der Waals surface area (Å²) in [6, 6.07) is 16.4. The van der Waals surface area contributed by atoms with Crippen LogP contribution in [0.5, 0.6) is 0 Å². The molecule has 2 aliphatic rings. The number of hydrogen-bond acceptors (Lipinski definition) is 6. The minimum atomic E-state index is -0.298. The largest absolute Gasteiger partial charge is 0.462 e. The van der Waals surface area contributed by atoms with Gasteiger partial charge in [-0.2, -0.15) is 0 Å². The van der Waals surface area contributed by atoms with Crippen LogP contribution in [0.15, 0.2) is 48.5 Å². The number of ether oxygens (including phenoxy) is 1. The summed E-state index contributed by atoms with van der Waals surface area (Å²) in [7, 11) is 0. The molecule has 0 bridgehead atoms. The van der Waals surface area contributed by atoms with Gasteiger partial charge in [-0.15, -0.1) is 0 Å². The molecule has 0 unspecified atom stereocenters. The van der Waals surface area contributed by atoms with Crippen LogP contribution in [-0.4, -0.2) is 36.7 Å². The summed E-state index contributed by atoms with van der Waals surface area (Å²) in [4.78, 5) is 20.4. The third kappa shape index (κ3) is 4.07. The minimum Gasteiger partial charge on any atom is -0.462 e. The molecule has 0 amide bonds. The fraction of sp³-hybridized carbons (Fsp3) is 0.333. The minimum absolute atomic E-state index is 0.298. The number of carbonyl (C=O) groups is 1. The molecule has 5 nitrogen and oxygen atoms in total. The van der Waals surface area contributed by atoms with Gasteiger partial charge in [-0.3, -0.25) is 0 Å². The molecule has 2 fully saturated rings. The third-order valence-corrected chi connectivity index (χ3v) is 7.51. The smallest absolute Gasteiger partial charge is 0.350 e. The number of rotatable bonds is 6. The molecule has 5 rings (SSSR count). The van der Waals surface area contributed by atoms with Gasteiger partial charge in [0.2, 0.25) is 0 Å². The van der Waals surface area contributed by atoms with E-state index < -0.39 is 0 Å². The average Bonchev–Trinajstić information content (AvgIpc) is 3.14. The van der Waals surface area contributed by atoms with E-state index in [-0.39, 0.29) is 5.97 Å². The Hall–Kier alpha value is -2.41. The number of anilines is 1. The molecule has 0 spiro atoms. The lowest BCUT2D eigenvalue weighted by Gasteiger charge is -2.17. The Balaban J connectivity index is 1.43. The fourth-order valence-corrected chi connectivity index (χ4v) is 5.59. The van der Waals surface area contributed by atoms with Crippen LogP contribution in [-0.2, 0) is 11.2 Å². The number of halogens is 1. The van der Waals surface area contributed by atoms with Gasteiger partial charge in [0, 0.05) is 30.6 Å². The Morgan fingerprint density at radius 1 is 1.19 bits per heavy atom. The summed E-state index contributed by atoms with van der Waals surface area (Å²) in [6.07, 6.45) is 0.569. The number of nitrogens with zero attached hydrogens (tertiary/aromatic N) is 2. The zero-order valence-corrected chi connectivity index (χ0v) is 18.8. The van der Waals surface area contributed by atoms with E-state index in [1.165, 1.54) is 11.3 Å². The lowest BCUT2D eigenvalue weighted by molar-refractivity contribution is 0.0530. The Morgan fingerprint density at radius 3 is 2.61 bits per heavy atom. The molecule has 2 heterocycles. The highest BCUT2D eigenvalue weighted by Gasteiger charge is 2.54. The summed E-state index contributed by atoms with van der Waals surface area (Å²) >= 11 is 7.60. The molecule has 1 aromatic heterocycles. The van der Waals surface area contributed by atoms with Gasteiger partial charge in [0.05, 0.1) is 12.3 Å². The third-order valence-electron chi connectivity index (χ3n) is 6.13. The van der Waals surface area contributed by atoms with E-state index in [1.807, 2.05) is 37.3 Å². The molecule has 3 atom stereocenters. The van der Waals surface area contributed by atoms with Gasteiger partial charge >= 0.3 is 5.97 Å². The molecular weight excluding hydrogens is 430 g/mol. The molecular formula is C24H24ClN3O2S. The second-order valence-electron chi connectivity index (χ2n) is 8.19. The second-order valence-corrected chi connectivity index (χ2v) is 9.60. The average molecular weight is 454 g/mol. The molecule has 1 saturated carbocycles. The number of piperidine rings is 1. The van der Waals surface area contributed by atoms with E-state index in [2.05, 4.69) is 23.1 Å². The van der Waals surface area contributed by atoms with E-state index in [1.54, 1.807) is 0 Å². The van der Waals surface area contributed by atoms with Crippen LogP contribution >= 0.6 is 22.9 Å². The quantitative estimate of drug-likeness (QED) is 0.551. The van der Waals surface area contributed by atoms with Gasteiger partial charge in [0.1, 0.15) is 4.88 Å². The van der Waals surface area contributed by atoms with E-state index in [0.717, 1.165) is 40.6 Å². The number of hydrogen-bond donors (Lipinski definition) is 1. The topological polar surface area (TPSA) is 68.5 Å². The highest BCUT2D eigenvalue weighted by atomic mass is 35.5. The maximum atomic E-state index is 12.6. The summed E-state index contributed by atoms with van der Waals surface area (Å²) < 4.78 is 5.31. The Morgan fingerprint density at radius 2 is 1.90 bits per heavy atom. The summed E-state index contributed by atoms with van der Waals surface area (Å²) in [5, 5.41) is 1.60. The van der Waals surface area contributed by atoms with E-state index in [9.17, 15) is 4.79 Å². The van der Waals surface area contributed by atoms with Gasteiger partial charge in [0.15, 0.2) is 5.13 Å². The van der Waals surface area contributed by atoms with Crippen LogP contribution in [0.1, 0.15) is 27.9 Å². The second kappa shape index (κ2) is 8.26. The predicted molar refractivity (Wildman–Crippen MR) is 125 cm³/mol. The van der Waals surface area contributed by atoms with Crippen molar-refractivity contribution < 1.29 is 9.53 Å². The summed E-state index contributed by atoms with van der Waals surface area (Å²) in [5.41, 5.74) is 10.1. The fourth-order valence-electron chi connectivity index (χ4n) is 4.40. The van der Waals surface area contributed by atoms with Gasteiger partial charge in [0.25, 0.3) is 0 Å². The lowest BCUT2D eigenvalue weighted by atomic mass is 10.0. The Bertz CT molecular complexity index is 1120. The number of fused-ring (bicyclic) bond motifs is 1. The van der Waals surface area contributed by atoms with Crippen molar-refractivity contribution in [2.75, 3.05) is 24.6 Å². The molecule has 3 aromatic rings. The first-order valence-electron chi connectivity index (χ1n) is 10.6. The number of thiazole rings is 1. The summed E-state index contributed by atoms with van der Waals surface area (Å²) in [6.45, 7) is 4.01. The molecule has 160 valence electrons. The van der Waals surface area contributed by atoms with E-state index in [4.69, 9.17) is 27.1 Å². The van der Waals surface area contributed by atoms with Crippen molar-refractivity contribution in [3.05, 3.63) is 69.7 Å². The first-order valence-corrected chi connectivity index (χ1v) is 11.7. The standard InChI is InChI=1S/C24H24ClN3O2S/c1-2-30-23(29)22-20(27-24(31-22)28-12-18-19(13-28)21(18)26)10-14-5-3-6-15(9-14)16-7-4-8-17(25)11-16/h3-9,11,18-19,21H,2,10,12-13,26H2,1H3/t18-,19+,21+. The van der Waals surface area contributed by atoms with Gasteiger partial charge in [-0.25, -0.2) is 9.78 Å². The van der Waals surface area contributed by atoms with Crippen molar-refractivity contribution in [3.8, 4) is 11.1 Å². The first-order chi connectivity index (χ1) is 15.0. The van der Waals surface area contributed by atoms with E-state index in [0.29, 0.717) is 40.8 Å². The molecule has 1 aliphatic heterocycles. The number of esters is 1. The van der Waals surface area contributed by atoms with Crippen LogP contribution in [0.3, 0.4) is 0 Å².